The highest BCUT2D eigenvalue weighted by Crippen LogP contribution is 2.68. The minimum atomic E-state index is 0.562. The number of rotatable bonds is 1. The minimum Gasteiger partial charge on any atom is -0.330 e. The Morgan fingerprint density at radius 1 is 1.58 bits per heavy atom. The standard InChI is InChI=1S/C11H17N/c1-7-2-8-3-9-5-11(4-7,6-12)10(8)9/h2,7,9-10H,3-6,12H2,1H3. The number of nitrogens with two attached hydrogens (primary N) is 1. The Morgan fingerprint density at radius 2 is 2.42 bits per heavy atom. The average molecular weight is 163 g/mol. The molecule has 1 nitrogen and oxygen atoms in total. The van der Waals surface area contributed by atoms with Crippen molar-refractivity contribution in [2.75, 3.05) is 6.54 Å². The summed E-state index contributed by atoms with van der Waals surface area (Å²) in [6.45, 7) is 3.27. The van der Waals surface area contributed by atoms with E-state index >= 15 is 0 Å². The Balaban J connectivity index is 1.96. The number of allylic oxidation sites excluding steroid dienone is 2. The predicted octanol–water partition coefficient (Wildman–Crippen LogP) is 1.94. The highest BCUT2D eigenvalue weighted by molar-refractivity contribution is 5.33. The van der Waals surface area contributed by atoms with Crippen LogP contribution in [0.5, 0.6) is 0 Å². The Morgan fingerprint density at radius 3 is 3.08 bits per heavy atom. The van der Waals surface area contributed by atoms with Crippen LogP contribution in [-0.4, -0.2) is 6.54 Å². The summed E-state index contributed by atoms with van der Waals surface area (Å²) in [5, 5.41) is 0. The van der Waals surface area contributed by atoms with E-state index in [1.165, 1.54) is 19.3 Å². The van der Waals surface area contributed by atoms with Gasteiger partial charge in [0, 0.05) is 0 Å². The lowest BCUT2D eigenvalue weighted by atomic mass is 9.39. The topological polar surface area (TPSA) is 26.0 Å². The van der Waals surface area contributed by atoms with Gasteiger partial charge in [-0.25, -0.2) is 0 Å². The van der Waals surface area contributed by atoms with Crippen LogP contribution in [0.25, 0.3) is 0 Å². The zero-order valence-electron chi connectivity index (χ0n) is 7.72. The SMILES string of the molecule is CC1C=C2CC3CC(CN)(C1)C23. The molecule has 0 aromatic carbocycles. The van der Waals surface area contributed by atoms with E-state index in [0.29, 0.717) is 5.41 Å². The second-order valence-corrected chi connectivity index (χ2v) is 5.14. The van der Waals surface area contributed by atoms with Crippen LogP contribution in [0.15, 0.2) is 11.6 Å². The van der Waals surface area contributed by atoms with E-state index in [0.717, 1.165) is 24.3 Å². The van der Waals surface area contributed by atoms with Crippen molar-refractivity contribution in [1.82, 2.24) is 0 Å². The van der Waals surface area contributed by atoms with Crippen molar-refractivity contribution in [3.05, 3.63) is 11.6 Å². The maximum Gasteiger partial charge on any atom is -0.00144 e. The van der Waals surface area contributed by atoms with E-state index in [9.17, 15) is 0 Å². The first kappa shape index (κ1) is 7.14. The van der Waals surface area contributed by atoms with Gasteiger partial charge in [0.1, 0.15) is 0 Å². The van der Waals surface area contributed by atoms with Crippen molar-refractivity contribution in [3.8, 4) is 0 Å². The highest BCUT2D eigenvalue weighted by Gasteiger charge is 2.61. The summed E-state index contributed by atoms with van der Waals surface area (Å²) in [6.07, 6.45) is 6.69. The summed E-state index contributed by atoms with van der Waals surface area (Å²) in [5.74, 6) is 2.76. The Hall–Kier alpha value is -0.300. The molecule has 12 heavy (non-hydrogen) atoms. The third-order valence-corrected chi connectivity index (χ3v) is 4.33. The molecule has 0 bridgehead atoms. The molecule has 3 rings (SSSR count). The first-order chi connectivity index (χ1) is 5.75. The van der Waals surface area contributed by atoms with Gasteiger partial charge < -0.3 is 5.73 Å². The monoisotopic (exact) mass is 163 g/mol. The Bertz CT molecular complexity index is 256. The first-order valence-electron chi connectivity index (χ1n) is 5.16. The molecule has 0 aromatic heterocycles. The van der Waals surface area contributed by atoms with E-state index < -0.39 is 0 Å². The fraction of sp³-hybridized carbons (Fsp3) is 0.818. The first-order valence-corrected chi connectivity index (χ1v) is 5.16. The van der Waals surface area contributed by atoms with Gasteiger partial charge in [-0.3, -0.25) is 0 Å². The van der Waals surface area contributed by atoms with E-state index in [1.807, 2.05) is 0 Å². The molecule has 2 saturated carbocycles. The molecule has 0 amide bonds. The van der Waals surface area contributed by atoms with E-state index in [-0.39, 0.29) is 0 Å². The van der Waals surface area contributed by atoms with Gasteiger partial charge in [-0.1, -0.05) is 18.6 Å². The lowest BCUT2D eigenvalue weighted by Gasteiger charge is -2.66. The van der Waals surface area contributed by atoms with E-state index in [4.69, 9.17) is 5.73 Å². The minimum absolute atomic E-state index is 0.562. The van der Waals surface area contributed by atoms with Gasteiger partial charge in [-0.05, 0) is 49.0 Å². The lowest BCUT2D eigenvalue weighted by molar-refractivity contribution is -0.0824. The highest BCUT2D eigenvalue weighted by atomic mass is 14.7. The second-order valence-electron chi connectivity index (χ2n) is 5.14. The smallest absolute Gasteiger partial charge is 0.00144 e. The zero-order chi connectivity index (χ0) is 8.34. The average Bonchev–Trinajstić information content (AvgIpc) is 1.96. The molecular weight excluding hydrogens is 146 g/mol. The second kappa shape index (κ2) is 1.95. The van der Waals surface area contributed by atoms with Crippen LogP contribution >= 0.6 is 0 Å². The van der Waals surface area contributed by atoms with Gasteiger partial charge >= 0.3 is 0 Å². The molecule has 0 aliphatic heterocycles. The van der Waals surface area contributed by atoms with Crippen molar-refractivity contribution in [2.24, 2.45) is 28.9 Å². The van der Waals surface area contributed by atoms with Gasteiger partial charge in [0.05, 0.1) is 0 Å². The molecule has 0 radical (unpaired) electrons. The van der Waals surface area contributed by atoms with Crippen molar-refractivity contribution in [1.29, 1.82) is 0 Å². The maximum absolute atomic E-state index is 5.90. The fourth-order valence-electron chi connectivity index (χ4n) is 4.00. The number of hydrogen-bond donors (Lipinski definition) is 1. The molecule has 66 valence electrons. The summed E-state index contributed by atoms with van der Waals surface area (Å²) < 4.78 is 0. The molecule has 0 aromatic rings. The van der Waals surface area contributed by atoms with Gasteiger partial charge in [0.2, 0.25) is 0 Å². The van der Waals surface area contributed by atoms with Crippen molar-refractivity contribution in [3.63, 3.8) is 0 Å². The quantitative estimate of drug-likeness (QED) is 0.587. The predicted molar refractivity (Wildman–Crippen MR) is 49.6 cm³/mol. The molecule has 2 N–H and O–H groups in total. The number of hydrogen-bond acceptors (Lipinski definition) is 1. The molecule has 3 aliphatic carbocycles. The summed E-state index contributed by atoms with van der Waals surface area (Å²) in [4.78, 5) is 0. The van der Waals surface area contributed by atoms with Crippen molar-refractivity contribution >= 4 is 0 Å². The molecule has 2 fully saturated rings. The lowest BCUT2D eigenvalue weighted by Crippen LogP contribution is -2.61. The Kier molecular flexibility index (Phi) is 1.16. The van der Waals surface area contributed by atoms with E-state index in [1.54, 1.807) is 5.57 Å². The van der Waals surface area contributed by atoms with Crippen LogP contribution in [0, 0.1) is 23.2 Å². The van der Waals surface area contributed by atoms with Crippen LogP contribution in [0.2, 0.25) is 0 Å². The summed E-state index contributed by atoms with van der Waals surface area (Å²) >= 11 is 0. The van der Waals surface area contributed by atoms with Gasteiger partial charge in [0.15, 0.2) is 0 Å². The molecule has 1 heteroatoms. The van der Waals surface area contributed by atoms with Crippen molar-refractivity contribution in [2.45, 2.75) is 26.2 Å². The summed E-state index contributed by atoms with van der Waals surface area (Å²) in [6, 6.07) is 0. The summed E-state index contributed by atoms with van der Waals surface area (Å²) in [7, 11) is 0. The van der Waals surface area contributed by atoms with E-state index in [2.05, 4.69) is 13.0 Å². The third-order valence-electron chi connectivity index (χ3n) is 4.33. The van der Waals surface area contributed by atoms with Crippen LogP contribution in [0.4, 0.5) is 0 Å². The van der Waals surface area contributed by atoms with Crippen LogP contribution in [0.3, 0.4) is 0 Å². The molecule has 0 saturated heterocycles. The molecule has 4 atom stereocenters. The molecule has 4 unspecified atom stereocenters. The van der Waals surface area contributed by atoms with Crippen molar-refractivity contribution < 1.29 is 0 Å². The third kappa shape index (κ3) is 0.610. The van der Waals surface area contributed by atoms with Gasteiger partial charge in [-0.15, -0.1) is 0 Å². The normalized spacial score (nSPS) is 54.8. The molecule has 3 aliphatic rings. The van der Waals surface area contributed by atoms with Gasteiger partial charge in [-0.2, -0.15) is 0 Å². The van der Waals surface area contributed by atoms with Gasteiger partial charge in [0.25, 0.3) is 0 Å². The zero-order valence-corrected chi connectivity index (χ0v) is 7.72. The molecular formula is C11H17N. The molecule has 0 spiro atoms. The fourth-order valence-corrected chi connectivity index (χ4v) is 4.00. The maximum atomic E-state index is 5.90. The van der Waals surface area contributed by atoms with Crippen LogP contribution in [0.1, 0.15) is 26.2 Å². The Labute approximate surface area is 74.0 Å². The summed E-state index contributed by atoms with van der Waals surface area (Å²) in [5.41, 5.74) is 8.20. The van der Waals surface area contributed by atoms with Crippen LogP contribution < -0.4 is 5.73 Å². The molecule has 0 heterocycles. The largest absolute Gasteiger partial charge is 0.330 e. The van der Waals surface area contributed by atoms with Crippen LogP contribution in [-0.2, 0) is 0 Å².